The molecule has 14 nitrogen and oxygen atoms in total. The number of carbonyl (C=O) groups excluding carboxylic acids is 2. The highest BCUT2D eigenvalue weighted by Gasteiger charge is 2.63. The zero-order chi connectivity index (χ0) is 29.4. The van der Waals surface area contributed by atoms with E-state index in [1.165, 1.54) is 31.0 Å². The molecule has 0 spiro atoms. The van der Waals surface area contributed by atoms with Crippen molar-refractivity contribution in [3.63, 3.8) is 0 Å². The van der Waals surface area contributed by atoms with Crippen molar-refractivity contribution in [3.8, 4) is 0 Å². The van der Waals surface area contributed by atoms with Crippen molar-refractivity contribution in [2.24, 2.45) is 4.99 Å². The Labute approximate surface area is 235 Å². The van der Waals surface area contributed by atoms with Gasteiger partial charge in [0.2, 0.25) is 0 Å². The Kier molecular flexibility index (Phi) is 7.95. The molecule has 1 aromatic carbocycles. The summed E-state index contributed by atoms with van der Waals surface area (Å²) in [4.78, 5) is 33.0. The van der Waals surface area contributed by atoms with E-state index in [1.807, 2.05) is 0 Å². The molecule has 0 bridgehead atoms. The molecular formula is C26H30N5O9P. The molecule has 41 heavy (non-hydrogen) atoms. The molecule has 15 heteroatoms. The monoisotopic (exact) mass is 587 g/mol. The number of esters is 2. The third kappa shape index (κ3) is 5.48. The minimum Gasteiger partial charge on any atom is -0.459 e. The minimum atomic E-state index is -4.24. The molecule has 3 aromatic rings. The molecule has 1 unspecified atom stereocenters. The summed E-state index contributed by atoms with van der Waals surface area (Å²) in [6, 6.07) is 10.00. The Morgan fingerprint density at radius 2 is 2.07 bits per heavy atom. The highest BCUT2D eigenvalue weighted by Crippen LogP contribution is 2.59. The number of nitrogens with zero attached hydrogens (tertiary/aromatic N) is 4. The van der Waals surface area contributed by atoms with Gasteiger partial charge in [-0.1, -0.05) is 18.2 Å². The first-order valence-electron chi connectivity index (χ1n) is 12.8. The number of phosphoric acid groups is 1. The predicted octanol–water partition coefficient (Wildman–Crippen LogP) is 2.84. The number of phosphoric ester groups is 1. The topological polar surface area (TPSA) is 175 Å². The SMILES string of the molecule is C/N=C\[C@@]1(c2ccc3c(N)ncnn23)O[C@@H]2COP(=O)(OCc3ccccc3C(=O)OC(C)C)O[C@H]2[C@H]1OC(C)=O. The van der Waals surface area contributed by atoms with Gasteiger partial charge in [0.1, 0.15) is 24.1 Å². The average Bonchev–Trinajstić information content (AvgIpc) is 3.48. The second-order valence-electron chi connectivity index (χ2n) is 9.73. The normalized spacial score (nSPS) is 27.8. The van der Waals surface area contributed by atoms with Gasteiger partial charge in [-0.05, 0) is 37.6 Å². The number of hydrogen-bond donors (Lipinski definition) is 1. The van der Waals surface area contributed by atoms with E-state index in [4.69, 9.17) is 33.5 Å². The van der Waals surface area contributed by atoms with Gasteiger partial charge in [-0.3, -0.25) is 23.4 Å². The van der Waals surface area contributed by atoms with E-state index in [0.29, 0.717) is 16.8 Å². The fourth-order valence-electron chi connectivity index (χ4n) is 4.91. The summed E-state index contributed by atoms with van der Waals surface area (Å²) in [6.07, 6.45) is -0.669. The molecule has 2 aromatic heterocycles. The average molecular weight is 588 g/mol. The van der Waals surface area contributed by atoms with Gasteiger partial charge in [0.05, 0.1) is 30.6 Å². The van der Waals surface area contributed by atoms with Crippen molar-refractivity contribution in [1.82, 2.24) is 14.6 Å². The number of benzene rings is 1. The summed E-state index contributed by atoms with van der Waals surface area (Å²) in [5.41, 5.74) is 6.10. The number of aliphatic imine (C=N–C) groups is 1. The minimum absolute atomic E-state index is 0.212. The number of nitrogen functional groups attached to an aromatic ring is 1. The third-order valence-electron chi connectivity index (χ3n) is 6.54. The molecule has 0 saturated carbocycles. The van der Waals surface area contributed by atoms with E-state index >= 15 is 0 Å². The Balaban J connectivity index is 1.45. The second-order valence-corrected chi connectivity index (χ2v) is 11.3. The molecule has 5 atom stereocenters. The van der Waals surface area contributed by atoms with Crippen LogP contribution < -0.4 is 5.73 Å². The Morgan fingerprint density at radius 1 is 1.29 bits per heavy atom. The molecular weight excluding hydrogens is 557 g/mol. The summed E-state index contributed by atoms with van der Waals surface area (Å²) in [5.74, 6) is -0.953. The zero-order valence-corrected chi connectivity index (χ0v) is 23.7. The van der Waals surface area contributed by atoms with Crippen molar-refractivity contribution < 1.29 is 41.9 Å². The quantitative estimate of drug-likeness (QED) is 0.232. The standard InChI is InChI=1S/C26H30N5O9P/c1-15(2)37-25(33)18-8-6-5-7-17(18)11-35-41(34)36-12-20-22(40-41)23(38-16(3)32)26(39-20,13-28-4)21-10-9-19-24(27)29-14-30-31(19)21/h5-10,13-15,20,22-23H,11-12H2,1-4H3,(H2,27,29,30)/b28-13-/t20-,22-,23-,26+,41?/m1/s1. The molecule has 2 aliphatic heterocycles. The maximum atomic E-state index is 13.7. The number of fused-ring (bicyclic) bond motifs is 2. The molecule has 2 N–H and O–H groups in total. The van der Waals surface area contributed by atoms with E-state index < -0.39 is 43.7 Å². The van der Waals surface area contributed by atoms with Crippen LogP contribution in [0.15, 0.2) is 47.7 Å². The van der Waals surface area contributed by atoms with Crippen LogP contribution in [0.4, 0.5) is 5.82 Å². The summed E-state index contributed by atoms with van der Waals surface area (Å²) in [5, 5.41) is 4.29. The largest absolute Gasteiger partial charge is 0.475 e. The fraction of sp³-hybridized carbons (Fsp3) is 0.423. The highest BCUT2D eigenvalue weighted by atomic mass is 31.2. The third-order valence-corrected chi connectivity index (χ3v) is 7.95. The van der Waals surface area contributed by atoms with Crippen LogP contribution in [0.25, 0.3) is 5.52 Å². The Bertz CT molecular complexity index is 1540. The lowest BCUT2D eigenvalue weighted by molar-refractivity contribution is -0.156. The van der Waals surface area contributed by atoms with Crippen LogP contribution in [0, 0.1) is 0 Å². The van der Waals surface area contributed by atoms with Gasteiger partial charge in [-0.25, -0.2) is 18.9 Å². The lowest BCUT2D eigenvalue weighted by Crippen LogP contribution is -2.47. The van der Waals surface area contributed by atoms with Gasteiger partial charge in [0, 0.05) is 20.2 Å². The van der Waals surface area contributed by atoms with Gasteiger partial charge in [0.15, 0.2) is 17.5 Å². The van der Waals surface area contributed by atoms with Crippen LogP contribution in [-0.2, 0) is 49.3 Å². The maximum Gasteiger partial charge on any atom is 0.475 e. The first kappa shape index (κ1) is 28.8. The maximum absolute atomic E-state index is 13.7. The van der Waals surface area contributed by atoms with E-state index in [9.17, 15) is 14.2 Å². The highest BCUT2D eigenvalue weighted by molar-refractivity contribution is 7.48. The smallest absolute Gasteiger partial charge is 0.459 e. The van der Waals surface area contributed by atoms with E-state index in [2.05, 4.69) is 15.1 Å². The molecule has 2 aliphatic rings. The molecule has 0 aliphatic carbocycles. The van der Waals surface area contributed by atoms with E-state index in [-0.39, 0.29) is 30.7 Å². The lowest BCUT2D eigenvalue weighted by atomic mass is 9.92. The molecule has 218 valence electrons. The number of hydrogen-bond acceptors (Lipinski definition) is 13. The summed E-state index contributed by atoms with van der Waals surface area (Å²) < 4.78 is 49.7. The predicted molar refractivity (Wildman–Crippen MR) is 144 cm³/mol. The number of nitrogens with two attached hydrogens (primary N) is 1. The zero-order valence-electron chi connectivity index (χ0n) is 22.8. The van der Waals surface area contributed by atoms with Crippen LogP contribution in [0.5, 0.6) is 0 Å². The van der Waals surface area contributed by atoms with Crippen molar-refractivity contribution in [1.29, 1.82) is 0 Å². The second kappa shape index (κ2) is 11.3. The number of ether oxygens (including phenoxy) is 3. The molecule has 2 fully saturated rings. The van der Waals surface area contributed by atoms with Crippen molar-refractivity contribution in [3.05, 3.63) is 59.5 Å². The van der Waals surface area contributed by atoms with Gasteiger partial charge in [-0.2, -0.15) is 5.10 Å². The fourth-order valence-corrected chi connectivity index (χ4v) is 6.28. The molecule has 5 rings (SSSR count). The van der Waals surface area contributed by atoms with Crippen molar-refractivity contribution in [2.45, 2.75) is 57.4 Å². The van der Waals surface area contributed by atoms with Crippen LogP contribution >= 0.6 is 7.82 Å². The van der Waals surface area contributed by atoms with Crippen LogP contribution in [-0.4, -0.2) is 70.8 Å². The van der Waals surface area contributed by atoms with Crippen molar-refractivity contribution in [2.75, 3.05) is 19.4 Å². The van der Waals surface area contributed by atoms with Crippen molar-refractivity contribution >= 4 is 37.3 Å². The van der Waals surface area contributed by atoms with Gasteiger partial charge in [-0.15, -0.1) is 0 Å². The number of anilines is 1. The van der Waals surface area contributed by atoms with Gasteiger partial charge < -0.3 is 19.9 Å². The number of rotatable bonds is 8. The molecule has 0 amide bonds. The first-order valence-corrected chi connectivity index (χ1v) is 14.3. The van der Waals surface area contributed by atoms with E-state index in [0.717, 1.165) is 0 Å². The van der Waals surface area contributed by atoms with Gasteiger partial charge in [0.25, 0.3) is 0 Å². The first-order chi connectivity index (χ1) is 19.6. The van der Waals surface area contributed by atoms with Crippen LogP contribution in [0.1, 0.15) is 42.4 Å². The van der Waals surface area contributed by atoms with E-state index in [1.54, 1.807) is 50.2 Å². The molecule has 0 radical (unpaired) electrons. The number of carbonyl (C=O) groups is 2. The number of aromatic nitrogens is 3. The Morgan fingerprint density at radius 3 is 2.80 bits per heavy atom. The van der Waals surface area contributed by atoms with Crippen LogP contribution in [0.2, 0.25) is 0 Å². The summed E-state index contributed by atoms with van der Waals surface area (Å²) in [6.45, 7) is 4.22. The lowest BCUT2D eigenvalue weighted by Gasteiger charge is -2.33. The van der Waals surface area contributed by atoms with Crippen LogP contribution in [0.3, 0.4) is 0 Å². The molecule has 4 heterocycles. The summed E-state index contributed by atoms with van der Waals surface area (Å²) >= 11 is 0. The van der Waals surface area contributed by atoms with Gasteiger partial charge >= 0.3 is 19.8 Å². The Hall–Kier alpha value is -3.68. The molecule has 2 saturated heterocycles. The summed E-state index contributed by atoms with van der Waals surface area (Å²) in [7, 11) is -2.70.